The van der Waals surface area contributed by atoms with E-state index in [1.807, 2.05) is 0 Å². The van der Waals surface area contributed by atoms with Crippen molar-refractivity contribution in [3.05, 3.63) is 68.2 Å². The van der Waals surface area contributed by atoms with E-state index >= 15 is 0 Å². The van der Waals surface area contributed by atoms with E-state index in [0.717, 1.165) is 0 Å². The zero-order chi connectivity index (χ0) is 23.8. The van der Waals surface area contributed by atoms with Gasteiger partial charge in [-0.15, -0.1) is 4.91 Å². The molecule has 0 bridgehead atoms. The number of benzene rings is 1. The van der Waals surface area contributed by atoms with Crippen LogP contribution in [0.3, 0.4) is 0 Å². The standard InChI is InChI=1S/C21H15F3N6O3/c22-13-3-1-11(2-4-13)7-12-8-27-17-16(29-33)14(19(31)26-6-5-25)20(32)30-10-21(23,24)9-28-15(12)18(17)30/h1-4,8,28H,6-7,9-10H2,(H,26,31). The molecule has 0 aliphatic carbocycles. The SMILES string of the molecule is N#CCNC(=O)c1c(N=O)c2ncc(Cc3ccc(F)cc3)c3c2n(c1=O)CC(F)(F)CN3. The molecule has 0 radical (unpaired) electrons. The molecule has 1 aromatic carbocycles. The lowest BCUT2D eigenvalue weighted by molar-refractivity contribution is -0.000895. The van der Waals surface area contributed by atoms with Crippen LogP contribution in [0.4, 0.5) is 24.5 Å². The summed E-state index contributed by atoms with van der Waals surface area (Å²) in [6, 6.07) is 7.19. The number of hydrogen-bond acceptors (Lipinski definition) is 7. The summed E-state index contributed by atoms with van der Waals surface area (Å²) < 4.78 is 43.0. The van der Waals surface area contributed by atoms with Crippen molar-refractivity contribution in [2.75, 3.05) is 18.4 Å². The Morgan fingerprint density at radius 3 is 2.73 bits per heavy atom. The van der Waals surface area contributed by atoms with Crippen molar-refractivity contribution in [2.24, 2.45) is 5.18 Å². The van der Waals surface area contributed by atoms with Crippen molar-refractivity contribution in [1.82, 2.24) is 14.9 Å². The van der Waals surface area contributed by atoms with Crippen LogP contribution >= 0.6 is 0 Å². The predicted molar refractivity (Wildman–Crippen MR) is 112 cm³/mol. The fourth-order valence-corrected chi connectivity index (χ4v) is 3.74. The van der Waals surface area contributed by atoms with Crippen LogP contribution in [0.1, 0.15) is 21.5 Å². The summed E-state index contributed by atoms with van der Waals surface area (Å²) in [6.07, 6.45) is 1.48. The number of pyridine rings is 2. The van der Waals surface area contributed by atoms with Crippen LogP contribution in [0.25, 0.3) is 11.0 Å². The molecule has 1 aliphatic rings. The summed E-state index contributed by atoms with van der Waals surface area (Å²) in [5, 5.41) is 16.2. The van der Waals surface area contributed by atoms with Crippen LogP contribution in [0.2, 0.25) is 0 Å². The number of carbonyl (C=O) groups excluding carboxylic acids is 1. The minimum atomic E-state index is -3.38. The topological polar surface area (TPSA) is 129 Å². The molecule has 0 unspecified atom stereocenters. The van der Waals surface area contributed by atoms with E-state index < -0.39 is 54.1 Å². The maximum atomic E-state index is 14.5. The molecule has 9 nitrogen and oxygen atoms in total. The third kappa shape index (κ3) is 4.00. The van der Waals surface area contributed by atoms with Gasteiger partial charge in [-0.1, -0.05) is 12.1 Å². The highest BCUT2D eigenvalue weighted by Gasteiger charge is 2.37. The number of carbonyl (C=O) groups is 1. The maximum absolute atomic E-state index is 14.5. The lowest BCUT2D eigenvalue weighted by Crippen LogP contribution is -2.38. The largest absolute Gasteiger partial charge is 0.377 e. The zero-order valence-electron chi connectivity index (χ0n) is 16.9. The first-order valence-electron chi connectivity index (χ1n) is 9.69. The van der Waals surface area contributed by atoms with Gasteiger partial charge >= 0.3 is 0 Å². The zero-order valence-corrected chi connectivity index (χ0v) is 16.9. The van der Waals surface area contributed by atoms with Crippen LogP contribution in [-0.4, -0.2) is 34.5 Å². The van der Waals surface area contributed by atoms with Crippen molar-refractivity contribution < 1.29 is 18.0 Å². The quantitative estimate of drug-likeness (QED) is 0.449. The smallest absolute Gasteiger partial charge is 0.282 e. The average Bonchev–Trinajstić information content (AvgIpc) is 2.93. The second-order valence-corrected chi connectivity index (χ2v) is 7.42. The number of halogens is 3. The molecule has 2 N–H and O–H groups in total. The number of nitrogens with one attached hydrogen (secondary N) is 2. The van der Waals surface area contributed by atoms with Gasteiger partial charge in [0.25, 0.3) is 17.4 Å². The number of nitriles is 1. The van der Waals surface area contributed by atoms with Crippen molar-refractivity contribution in [3.8, 4) is 6.07 Å². The molecular weight excluding hydrogens is 441 g/mol. The Balaban J connectivity index is 1.99. The molecule has 2 aromatic heterocycles. The summed E-state index contributed by atoms with van der Waals surface area (Å²) in [7, 11) is 0. The van der Waals surface area contributed by atoms with Gasteiger partial charge in [-0.25, -0.2) is 13.2 Å². The van der Waals surface area contributed by atoms with Crippen molar-refractivity contribution >= 4 is 28.3 Å². The number of anilines is 1. The summed E-state index contributed by atoms with van der Waals surface area (Å²) in [5.41, 5.74) is -1.64. The molecular formula is C21H15F3N6O3. The van der Waals surface area contributed by atoms with E-state index in [2.05, 4.69) is 20.8 Å². The van der Waals surface area contributed by atoms with Gasteiger partial charge in [0.1, 0.15) is 23.4 Å². The van der Waals surface area contributed by atoms with Gasteiger partial charge in [0.05, 0.1) is 30.4 Å². The third-order valence-electron chi connectivity index (χ3n) is 5.19. The number of alkyl halides is 2. The van der Waals surface area contributed by atoms with E-state index in [1.165, 1.54) is 30.5 Å². The molecule has 0 spiro atoms. The average molecular weight is 456 g/mol. The second-order valence-electron chi connectivity index (χ2n) is 7.42. The Bertz CT molecular complexity index is 1380. The molecule has 1 amide bonds. The first-order chi connectivity index (χ1) is 15.8. The second kappa shape index (κ2) is 8.34. The normalized spacial score (nSPS) is 14.1. The molecule has 4 rings (SSSR count). The van der Waals surface area contributed by atoms with E-state index in [0.29, 0.717) is 15.7 Å². The summed E-state index contributed by atoms with van der Waals surface area (Å²) in [5.74, 6) is -4.91. The number of hydrogen-bond donors (Lipinski definition) is 2. The van der Waals surface area contributed by atoms with Crippen molar-refractivity contribution in [2.45, 2.75) is 18.9 Å². The molecule has 33 heavy (non-hydrogen) atoms. The molecule has 1 aliphatic heterocycles. The highest BCUT2D eigenvalue weighted by atomic mass is 19.3. The monoisotopic (exact) mass is 456 g/mol. The lowest BCUT2D eigenvalue weighted by atomic mass is 10.0. The van der Waals surface area contributed by atoms with Gasteiger partial charge < -0.3 is 10.6 Å². The lowest BCUT2D eigenvalue weighted by Gasteiger charge is -2.17. The number of amides is 1. The molecule has 0 saturated carbocycles. The van der Waals surface area contributed by atoms with Gasteiger partial charge in [-0.3, -0.25) is 19.1 Å². The maximum Gasteiger partial charge on any atom is 0.282 e. The Morgan fingerprint density at radius 2 is 2.06 bits per heavy atom. The fourth-order valence-electron chi connectivity index (χ4n) is 3.74. The van der Waals surface area contributed by atoms with Gasteiger partial charge in [0.15, 0.2) is 5.69 Å². The highest BCUT2D eigenvalue weighted by Crippen LogP contribution is 2.37. The molecule has 3 aromatic rings. The third-order valence-corrected chi connectivity index (χ3v) is 5.19. The molecule has 0 fully saturated rings. The molecule has 3 heterocycles. The van der Waals surface area contributed by atoms with Crippen LogP contribution in [-0.2, 0) is 13.0 Å². The number of nitroso groups, excluding NO2 is 1. The first-order valence-corrected chi connectivity index (χ1v) is 9.69. The predicted octanol–water partition coefficient (Wildman–Crippen LogP) is 2.84. The Hall–Kier alpha value is -4.27. The van der Waals surface area contributed by atoms with E-state index in [4.69, 9.17) is 5.26 Å². The van der Waals surface area contributed by atoms with Gasteiger partial charge in [-0.05, 0) is 22.9 Å². The summed E-state index contributed by atoms with van der Waals surface area (Å²) in [6.45, 7) is -2.35. The van der Waals surface area contributed by atoms with Gasteiger partial charge in [-0.2, -0.15) is 5.26 Å². The molecule has 0 atom stereocenters. The number of rotatable bonds is 5. The minimum Gasteiger partial charge on any atom is -0.377 e. The first kappa shape index (κ1) is 21.9. The van der Waals surface area contributed by atoms with Crippen LogP contribution in [0.15, 0.2) is 40.4 Å². The van der Waals surface area contributed by atoms with Crippen molar-refractivity contribution in [3.63, 3.8) is 0 Å². The van der Waals surface area contributed by atoms with Gasteiger partial charge in [0, 0.05) is 18.2 Å². The summed E-state index contributed by atoms with van der Waals surface area (Å²) in [4.78, 5) is 41.4. The van der Waals surface area contributed by atoms with Crippen LogP contribution in [0, 0.1) is 22.1 Å². The number of aromatic nitrogens is 2. The number of nitrogens with zero attached hydrogens (tertiary/aromatic N) is 4. The van der Waals surface area contributed by atoms with E-state index in [-0.39, 0.29) is 23.1 Å². The highest BCUT2D eigenvalue weighted by molar-refractivity contribution is 6.07. The Kier molecular flexibility index (Phi) is 5.55. The van der Waals surface area contributed by atoms with Crippen LogP contribution in [0.5, 0.6) is 0 Å². The van der Waals surface area contributed by atoms with Crippen LogP contribution < -0.4 is 16.2 Å². The van der Waals surface area contributed by atoms with Gasteiger partial charge in [0.2, 0.25) is 0 Å². The fraction of sp³-hybridized carbons (Fsp3) is 0.238. The van der Waals surface area contributed by atoms with E-state index in [1.54, 1.807) is 6.07 Å². The van der Waals surface area contributed by atoms with Crippen molar-refractivity contribution in [1.29, 1.82) is 5.26 Å². The summed E-state index contributed by atoms with van der Waals surface area (Å²) >= 11 is 0. The molecule has 12 heteroatoms. The minimum absolute atomic E-state index is 0.0942. The molecule has 168 valence electrons. The Morgan fingerprint density at radius 1 is 1.33 bits per heavy atom. The Labute approximate surface area is 183 Å². The van der Waals surface area contributed by atoms with E-state index in [9.17, 15) is 27.7 Å². The molecule has 0 saturated heterocycles.